The molecule has 1 aromatic carbocycles. The largest absolute Gasteiger partial charge is 0.497 e. The molecule has 0 radical (unpaired) electrons. The van der Waals surface area contributed by atoms with Gasteiger partial charge in [0, 0.05) is 25.4 Å². The smallest absolute Gasteiger partial charge is 0.141 e. The molecule has 1 aliphatic rings. The van der Waals surface area contributed by atoms with E-state index in [-0.39, 0.29) is 0 Å². The molecule has 0 heterocycles. The zero-order valence-electron chi connectivity index (χ0n) is 14.3. The zero-order chi connectivity index (χ0) is 17.5. The summed E-state index contributed by atoms with van der Waals surface area (Å²) >= 11 is 0. The van der Waals surface area contributed by atoms with Crippen molar-refractivity contribution in [3.05, 3.63) is 60.0 Å². The van der Waals surface area contributed by atoms with Crippen molar-refractivity contribution in [2.75, 3.05) is 32.8 Å². The first-order valence-electron chi connectivity index (χ1n) is 7.51. The Labute approximate surface area is 142 Å². The SMILES string of the molecule is C=N/C(=C1/C=CC=C/C1=N/CN(C)N)N(C)c1ccc(OC)cc1. The zero-order valence-corrected chi connectivity index (χ0v) is 14.3. The minimum absolute atomic E-state index is 0.397. The van der Waals surface area contributed by atoms with Crippen LogP contribution in [-0.2, 0) is 0 Å². The van der Waals surface area contributed by atoms with Gasteiger partial charge in [-0.25, -0.2) is 10.0 Å². The average molecular weight is 325 g/mol. The Morgan fingerprint density at radius 3 is 2.42 bits per heavy atom. The van der Waals surface area contributed by atoms with E-state index < -0.39 is 0 Å². The molecule has 6 heteroatoms. The van der Waals surface area contributed by atoms with Gasteiger partial charge in [-0.15, -0.1) is 0 Å². The lowest BCUT2D eigenvalue weighted by Crippen LogP contribution is -2.27. The van der Waals surface area contributed by atoms with Crippen LogP contribution in [0.15, 0.2) is 69.9 Å². The van der Waals surface area contributed by atoms with E-state index in [1.165, 1.54) is 5.01 Å². The number of benzene rings is 1. The first-order chi connectivity index (χ1) is 11.6. The molecule has 0 saturated heterocycles. The van der Waals surface area contributed by atoms with Crippen molar-refractivity contribution >= 4 is 18.1 Å². The fourth-order valence-corrected chi connectivity index (χ4v) is 2.29. The van der Waals surface area contributed by atoms with Crippen molar-refractivity contribution in [1.82, 2.24) is 5.01 Å². The van der Waals surface area contributed by atoms with Crippen molar-refractivity contribution in [3.8, 4) is 5.75 Å². The molecular weight excluding hydrogens is 302 g/mol. The first-order valence-corrected chi connectivity index (χ1v) is 7.51. The van der Waals surface area contributed by atoms with E-state index in [1.807, 2.05) is 60.5 Å². The summed E-state index contributed by atoms with van der Waals surface area (Å²) in [5, 5.41) is 1.52. The highest BCUT2D eigenvalue weighted by Crippen LogP contribution is 2.25. The summed E-state index contributed by atoms with van der Waals surface area (Å²) in [5.74, 6) is 7.18. The molecule has 0 bridgehead atoms. The van der Waals surface area contributed by atoms with Crippen LogP contribution >= 0.6 is 0 Å². The van der Waals surface area contributed by atoms with Gasteiger partial charge in [-0.1, -0.05) is 12.2 Å². The van der Waals surface area contributed by atoms with E-state index in [9.17, 15) is 0 Å². The molecule has 0 unspecified atom stereocenters. The minimum atomic E-state index is 0.397. The van der Waals surface area contributed by atoms with Crippen LogP contribution in [-0.4, -0.2) is 45.3 Å². The van der Waals surface area contributed by atoms with Crippen molar-refractivity contribution in [2.24, 2.45) is 15.8 Å². The van der Waals surface area contributed by atoms with Crippen molar-refractivity contribution in [2.45, 2.75) is 0 Å². The summed E-state index contributed by atoms with van der Waals surface area (Å²) in [5.41, 5.74) is 2.69. The highest BCUT2D eigenvalue weighted by atomic mass is 16.5. The molecular formula is C18H23N5O. The Kier molecular flexibility index (Phi) is 6.06. The molecule has 1 aromatic rings. The van der Waals surface area contributed by atoms with Gasteiger partial charge in [0.2, 0.25) is 0 Å². The second kappa shape index (κ2) is 8.24. The van der Waals surface area contributed by atoms with Crippen LogP contribution in [0.25, 0.3) is 0 Å². The molecule has 0 aromatic heterocycles. The molecule has 2 N–H and O–H groups in total. The Hall–Kier alpha value is -2.70. The van der Waals surface area contributed by atoms with Crippen LogP contribution in [0.3, 0.4) is 0 Å². The predicted octanol–water partition coefficient (Wildman–Crippen LogP) is 2.37. The van der Waals surface area contributed by atoms with Gasteiger partial charge in [-0.3, -0.25) is 10.8 Å². The third-order valence-electron chi connectivity index (χ3n) is 3.54. The fraction of sp³-hybridized carbons (Fsp3) is 0.222. The summed E-state index contributed by atoms with van der Waals surface area (Å²) in [6.45, 7) is 4.12. The number of nitrogens with two attached hydrogens (primary N) is 1. The van der Waals surface area contributed by atoms with Gasteiger partial charge in [0.05, 0.1) is 12.8 Å². The van der Waals surface area contributed by atoms with E-state index in [1.54, 1.807) is 14.2 Å². The van der Waals surface area contributed by atoms with Crippen LogP contribution in [0, 0.1) is 0 Å². The monoisotopic (exact) mass is 325 g/mol. The number of hydrazine groups is 1. The maximum absolute atomic E-state index is 5.65. The van der Waals surface area contributed by atoms with E-state index in [0.29, 0.717) is 6.67 Å². The van der Waals surface area contributed by atoms with E-state index in [2.05, 4.69) is 16.7 Å². The number of allylic oxidation sites excluding steroid dienone is 5. The normalized spacial score (nSPS) is 17.3. The Morgan fingerprint density at radius 1 is 1.17 bits per heavy atom. The summed E-state index contributed by atoms with van der Waals surface area (Å²) in [6.07, 6.45) is 7.80. The quantitative estimate of drug-likeness (QED) is 0.495. The number of aliphatic imine (C=N–C) groups is 2. The van der Waals surface area contributed by atoms with Gasteiger partial charge < -0.3 is 9.64 Å². The van der Waals surface area contributed by atoms with Crippen LogP contribution in [0.5, 0.6) is 5.75 Å². The molecule has 2 rings (SSSR count). The van der Waals surface area contributed by atoms with Gasteiger partial charge in [0.1, 0.15) is 18.2 Å². The number of hydrogen-bond acceptors (Lipinski definition) is 6. The number of nitrogens with zero attached hydrogens (tertiary/aromatic N) is 4. The number of rotatable bonds is 6. The number of methoxy groups -OCH3 is 1. The summed E-state index contributed by atoms with van der Waals surface area (Å²) < 4.78 is 5.20. The Bertz CT molecular complexity index is 699. The van der Waals surface area contributed by atoms with Crippen LogP contribution in [0.4, 0.5) is 5.69 Å². The van der Waals surface area contributed by atoms with E-state index >= 15 is 0 Å². The van der Waals surface area contributed by atoms with Crippen molar-refractivity contribution in [1.29, 1.82) is 0 Å². The molecule has 6 nitrogen and oxygen atoms in total. The predicted molar refractivity (Wildman–Crippen MR) is 101 cm³/mol. The van der Waals surface area contributed by atoms with Gasteiger partial charge in [-0.05, 0) is 43.1 Å². The lowest BCUT2D eigenvalue weighted by Gasteiger charge is -2.23. The summed E-state index contributed by atoms with van der Waals surface area (Å²) in [7, 11) is 5.36. The highest BCUT2D eigenvalue weighted by Gasteiger charge is 2.15. The Morgan fingerprint density at radius 2 is 1.83 bits per heavy atom. The van der Waals surface area contributed by atoms with Crippen molar-refractivity contribution in [3.63, 3.8) is 0 Å². The molecule has 0 atom stereocenters. The first kappa shape index (κ1) is 17.7. The van der Waals surface area contributed by atoms with Gasteiger partial charge >= 0.3 is 0 Å². The summed E-state index contributed by atoms with van der Waals surface area (Å²) in [4.78, 5) is 10.7. The van der Waals surface area contributed by atoms with Crippen LogP contribution in [0.1, 0.15) is 0 Å². The minimum Gasteiger partial charge on any atom is -0.497 e. The van der Waals surface area contributed by atoms with Crippen LogP contribution in [0.2, 0.25) is 0 Å². The number of ether oxygens (including phenoxy) is 1. The van der Waals surface area contributed by atoms with Gasteiger partial charge in [0.15, 0.2) is 0 Å². The Balaban J connectivity index is 2.39. The summed E-state index contributed by atoms with van der Waals surface area (Å²) in [6, 6.07) is 7.76. The van der Waals surface area contributed by atoms with Gasteiger partial charge in [0.25, 0.3) is 0 Å². The standard InChI is InChI=1S/C18H23N5O/c1-20-18(23(3)14-9-11-15(24-4)12-10-14)16-7-5-6-8-17(16)21-13-22(2)19/h5-12H,1,13,19H2,2-4H3/b18-16+,21-17-. The van der Waals surface area contributed by atoms with E-state index in [4.69, 9.17) is 10.6 Å². The molecule has 0 saturated carbocycles. The maximum Gasteiger partial charge on any atom is 0.141 e. The topological polar surface area (TPSA) is 66.5 Å². The fourth-order valence-electron chi connectivity index (χ4n) is 2.29. The second-order valence-electron chi connectivity index (χ2n) is 5.31. The lowest BCUT2D eigenvalue weighted by molar-refractivity contribution is 0.362. The lowest BCUT2D eigenvalue weighted by atomic mass is 10.0. The molecule has 126 valence electrons. The third kappa shape index (κ3) is 4.18. The average Bonchev–Trinajstić information content (AvgIpc) is 2.61. The molecule has 0 spiro atoms. The molecule has 24 heavy (non-hydrogen) atoms. The molecule has 0 fully saturated rings. The maximum atomic E-state index is 5.65. The number of hydrogen-bond donors (Lipinski definition) is 1. The van der Waals surface area contributed by atoms with Crippen LogP contribution < -0.4 is 15.5 Å². The second-order valence-corrected chi connectivity index (χ2v) is 5.31. The highest BCUT2D eigenvalue weighted by molar-refractivity contribution is 6.12. The molecule has 0 amide bonds. The molecule has 0 aliphatic heterocycles. The van der Waals surface area contributed by atoms with E-state index in [0.717, 1.165) is 28.5 Å². The number of anilines is 1. The molecule has 1 aliphatic carbocycles. The third-order valence-corrected chi connectivity index (χ3v) is 3.54. The van der Waals surface area contributed by atoms with Gasteiger partial charge in [-0.2, -0.15) is 0 Å². The van der Waals surface area contributed by atoms with Crippen molar-refractivity contribution < 1.29 is 4.74 Å².